The van der Waals surface area contributed by atoms with Crippen molar-refractivity contribution in [2.75, 3.05) is 33.1 Å². The third-order valence-corrected chi connectivity index (χ3v) is 4.99. The Kier molecular flexibility index (Phi) is 6.57. The number of anilines is 1. The minimum absolute atomic E-state index is 0.187. The van der Waals surface area contributed by atoms with Crippen molar-refractivity contribution in [2.24, 2.45) is 0 Å². The molecule has 144 valence electrons. The lowest BCUT2D eigenvalue weighted by Crippen LogP contribution is -2.21. The van der Waals surface area contributed by atoms with Crippen LogP contribution in [0.15, 0.2) is 24.3 Å². The quantitative estimate of drug-likeness (QED) is 0.766. The van der Waals surface area contributed by atoms with Crippen LogP contribution in [0.5, 0.6) is 5.75 Å². The molecule has 0 saturated heterocycles. The third kappa shape index (κ3) is 4.46. The predicted molar refractivity (Wildman–Crippen MR) is 104 cm³/mol. The van der Waals surface area contributed by atoms with Gasteiger partial charge in [-0.05, 0) is 43.7 Å². The van der Waals surface area contributed by atoms with Crippen LogP contribution in [0.4, 0.5) is 5.00 Å². The van der Waals surface area contributed by atoms with E-state index in [1.165, 1.54) is 12.0 Å². The van der Waals surface area contributed by atoms with E-state index in [0.29, 0.717) is 28.4 Å². The molecule has 1 aromatic heterocycles. The lowest BCUT2D eigenvalue weighted by molar-refractivity contribution is 0.0601. The minimum Gasteiger partial charge on any atom is -0.494 e. The van der Waals surface area contributed by atoms with Crippen LogP contribution in [0.3, 0.4) is 0 Å². The number of carbonyl (C=O) groups excluding carboxylic acids is 3. The number of hydrogen-bond acceptors (Lipinski definition) is 6. The molecule has 2 amide bonds. The molecule has 1 N–H and O–H groups in total. The van der Waals surface area contributed by atoms with Crippen molar-refractivity contribution < 1.29 is 23.9 Å². The van der Waals surface area contributed by atoms with Gasteiger partial charge in [-0.3, -0.25) is 9.59 Å². The van der Waals surface area contributed by atoms with Gasteiger partial charge < -0.3 is 19.7 Å². The number of hydrogen-bond donors (Lipinski definition) is 1. The number of rotatable bonds is 6. The monoisotopic (exact) mass is 390 g/mol. The van der Waals surface area contributed by atoms with E-state index in [1.807, 2.05) is 6.92 Å². The van der Waals surface area contributed by atoms with Gasteiger partial charge in [0.15, 0.2) is 0 Å². The van der Waals surface area contributed by atoms with Crippen LogP contribution in [0.1, 0.15) is 42.9 Å². The standard InChI is InChI=1S/C19H22N2O5S/c1-6-26-13-9-7-12(8-10-13)16(22)20-17-14(19(24)25-5)11(2)15(27-17)18(23)21(3)4/h7-10H,6H2,1-5H3,(H,20,22). The molecule has 0 spiro atoms. The first kappa shape index (κ1) is 20.4. The van der Waals surface area contributed by atoms with Crippen LogP contribution in [-0.2, 0) is 4.74 Å². The first-order chi connectivity index (χ1) is 12.8. The summed E-state index contributed by atoms with van der Waals surface area (Å²) in [5.74, 6) is -0.587. The molecule has 2 rings (SSSR count). The van der Waals surface area contributed by atoms with Gasteiger partial charge in [-0.25, -0.2) is 4.79 Å². The topological polar surface area (TPSA) is 84.9 Å². The number of benzene rings is 1. The van der Waals surface area contributed by atoms with Gasteiger partial charge in [-0.2, -0.15) is 0 Å². The van der Waals surface area contributed by atoms with E-state index in [1.54, 1.807) is 45.3 Å². The fourth-order valence-electron chi connectivity index (χ4n) is 2.40. The van der Waals surface area contributed by atoms with Gasteiger partial charge in [0.05, 0.1) is 24.2 Å². The summed E-state index contributed by atoms with van der Waals surface area (Å²) in [4.78, 5) is 38.9. The zero-order chi connectivity index (χ0) is 20.1. The number of nitrogens with zero attached hydrogens (tertiary/aromatic N) is 1. The molecule has 2 aromatic rings. The summed E-state index contributed by atoms with van der Waals surface area (Å²) in [6.07, 6.45) is 0. The lowest BCUT2D eigenvalue weighted by Gasteiger charge is -2.08. The second-order valence-electron chi connectivity index (χ2n) is 5.86. The molecule has 0 aliphatic heterocycles. The van der Waals surface area contributed by atoms with E-state index < -0.39 is 11.9 Å². The predicted octanol–water partition coefficient (Wildman–Crippen LogP) is 3.20. The number of esters is 1. The molecule has 0 atom stereocenters. The van der Waals surface area contributed by atoms with Crippen LogP contribution in [0.2, 0.25) is 0 Å². The second-order valence-corrected chi connectivity index (χ2v) is 6.88. The maximum absolute atomic E-state index is 12.6. The molecule has 0 bridgehead atoms. The van der Waals surface area contributed by atoms with Crippen molar-refractivity contribution in [2.45, 2.75) is 13.8 Å². The Balaban J connectivity index is 2.36. The van der Waals surface area contributed by atoms with E-state index in [4.69, 9.17) is 9.47 Å². The highest BCUT2D eigenvalue weighted by atomic mass is 32.1. The number of nitrogens with one attached hydrogen (secondary N) is 1. The molecule has 8 heteroatoms. The van der Waals surface area contributed by atoms with Crippen molar-refractivity contribution in [1.29, 1.82) is 0 Å². The number of ether oxygens (including phenoxy) is 2. The van der Waals surface area contributed by atoms with Crippen LogP contribution in [0.25, 0.3) is 0 Å². The van der Waals surface area contributed by atoms with Gasteiger partial charge in [0.2, 0.25) is 0 Å². The van der Waals surface area contributed by atoms with Crippen molar-refractivity contribution in [3.8, 4) is 5.75 Å². The first-order valence-electron chi connectivity index (χ1n) is 8.27. The Morgan fingerprint density at radius 1 is 1.15 bits per heavy atom. The molecule has 0 saturated carbocycles. The summed E-state index contributed by atoms with van der Waals surface area (Å²) in [5.41, 5.74) is 1.07. The Hall–Kier alpha value is -2.87. The van der Waals surface area contributed by atoms with Crippen LogP contribution in [0, 0.1) is 6.92 Å². The number of carbonyl (C=O) groups is 3. The van der Waals surface area contributed by atoms with Gasteiger partial charge in [0.25, 0.3) is 11.8 Å². The van der Waals surface area contributed by atoms with Gasteiger partial charge in [-0.15, -0.1) is 11.3 Å². The average molecular weight is 390 g/mol. The van der Waals surface area contributed by atoms with Crippen molar-refractivity contribution in [3.05, 3.63) is 45.8 Å². The molecular weight excluding hydrogens is 368 g/mol. The maximum Gasteiger partial charge on any atom is 0.341 e. The number of thiophene rings is 1. The summed E-state index contributed by atoms with van der Waals surface area (Å²) in [6, 6.07) is 6.65. The smallest absolute Gasteiger partial charge is 0.341 e. The Bertz CT molecular complexity index is 856. The van der Waals surface area contributed by atoms with Gasteiger partial charge in [0.1, 0.15) is 10.8 Å². The van der Waals surface area contributed by atoms with Gasteiger partial charge >= 0.3 is 5.97 Å². The van der Waals surface area contributed by atoms with Gasteiger partial charge in [-0.1, -0.05) is 0 Å². The molecule has 0 radical (unpaired) electrons. The summed E-state index contributed by atoms with van der Waals surface area (Å²) in [5, 5.41) is 3.00. The Morgan fingerprint density at radius 2 is 1.78 bits per heavy atom. The molecule has 1 aromatic carbocycles. The fourth-order valence-corrected chi connectivity index (χ4v) is 3.61. The molecule has 0 unspecified atom stereocenters. The molecule has 0 aliphatic rings. The summed E-state index contributed by atoms with van der Waals surface area (Å²) < 4.78 is 10.2. The minimum atomic E-state index is -0.608. The van der Waals surface area contributed by atoms with Crippen molar-refractivity contribution in [1.82, 2.24) is 4.90 Å². The Labute approximate surface area is 161 Å². The largest absolute Gasteiger partial charge is 0.494 e. The lowest BCUT2D eigenvalue weighted by atomic mass is 10.1. The van der Waals surface area contributed by atoms with E-state index in [-0.39, 0.29) is 16.5 Å². The highest BCUT2D eigenvalue weighted by Crippen LogP contribution is 2.34. The molecule has 1 heterocycles. The normalized spacial score (nSPS) is 10.3. The molecule has 7 nitrogen and oxygen atoms in total. The first-order valence-corrected chi connectivity index (χ1v) is 9.09. The molecule has 0 fully saturated rings. The van der Waals surface area contributed by atoms with Crippen molar-refractivity contribution in [3.63, 3.8) is 0 Å². The SMILES string of the molecule is CCOc1ccc(C(=O)Nc2sc(C(=O)N(C)C)c(C)c2C(=O)OC)cc1. The molecule has 27 heavy (non-hydrogen) atoms. The average Bonchev–Trinajstić information content (AvgIpc) is 2.97. The van der Waals surface area contributed by atoms with Gasteiger partial charge in [0, 0.05) is 19.7 Å². The summed E-state index contributed by atoms with van der Waals surface area (Å²) >= 11 is 1.05. The molecular formula is C19H22N2O5S. The fraction of sp³-hybridized carbons (Fsp3) is 0.316. The number of methoxy groups -OCH3 is 1. The Morgan fingerprint density at radius 3 is 2.30 bits per heavy atom. The van der Waals surface area contributed by atoms with Crippen LogP contribution < -0.4 is 10.1 Å². The zero-order valence-corrected chi connectivity index (χ0v) is 16.7. The second kappa shape index (κ2) is 8.68. The van der Waals surface area contributed by atoms with E-state index in [2.05, 4.69) is 5.32 Å². The zero-order valence-electron chi connectivity index (χ0n) is 15.9. The highest BCUT2D eigenvalue weighted by Gasteiger charge is 2.27. The van der Waals surface area contributed by atoms with E-state index in [0.717, 1.165) is 11.3 Å². The maximum atomic E-state index is 12.6. The summed E-state index contributed by atoms with van der Waals surface area (Å²) in [6.45, 7) is 4.07. The third-order valence-electron chi connectivity index (χ3n) is 3.79. The van der Waals surface area contributed by atoms with Crippen LogP contribution in [-0.4, -0.2) is 50.5 Å². The van der Waals surface area contributed by atoms with Crippen LogP contribution >= 0.6 is 11.3 Å². The van der Waals surface area contributed by atoms with E-state index in [9.17, 15) is 14.4 Å². The summed E-state index contributed by atoms with van der Waals surface area (Å²) in [7, 11) is 4.50. The highest BCUT2D eigenvalue weighted by molar-refractivity contribution is 7.18. The molecule has 0 aliphatic carbocycles. The van der Waals surface area contributed by atoms with Crippen molar-refractivity contribution >= 4 is 34.1 Å². The number of amides is 2. The van der Waals surface area contributed by atoms with E-state index >= 15 is 0 Å².